The molecule has 2 N–H and O–H groups in total. The third-order valence-corrected chi connectivity index (χ3v) is 6.92. The highest BCUT2D eigenvalue weighted by molar-refractivity contribution is 7.93. The Kier molecular flexibility index (Phi) is 6.35. The van der Waals surface area contributed by atoms with Crippen molar-refractivity contribution in [3.8, 4) is 0 Å². The van der Waals surface area contributed by atoms with Crippen molar-refractivity contribution in [1.29, 1.82) is 0 Å². The summed E-state index contributed by atoms with van der Waals surface area (Å²) in [5.74, 6) is 0.613. The van der Waals surface area contributed by atoms with Crippen LogP contribution in [0, 0.1) is 5.92 Å². The van der Waals surface area contributed by atoms with E-state index in [2.05, 4.69) is 0 Å². The highest BCUT2D eigenvalue weighted by atomic mass is 35.5. The molecule has 1 aromatic rings. The van der Waals surface area contributed by atoms with Crippen LogP contribution >= 0.6 is 12.4 Å². The van der Waals surface area contributed by atoms with E-state index in [0.29, 0.717) is 43.2 Å². The molecule has 6 nitrogen and oxygen atoms in total. The van der Waals surface area contributed by atoms with Crippen molar-refractivity contribution < 1.29 is 13.2 Å². The van der Waals surface area contributed by atoms with E-state index >= 15 is 0 Å². The fourth-order valence-electron chi connectivity index (χ4n) is 3.53. The number of hydrogen-bond donors (Lipinski definition) is 1. The van der Waals surface area contributed by atoms with E-state index in [1.807, 2.05) is 11.8 Å². The number of anilines is 1. The fraction of sp³-hybridized carbons (Fsp3) is 0.588. The first-order chi connectivity index (χ1) is 11.4. The maximum absolute atomic E-state index is 12.7. The van der Waals surface area contributed by atoms with Gasteiger partial charge in [-0.1, -0.05) is 6.07 Å². The second-order valence-corrected chi connectivity index (χ2v) is 8.79. The van der Waals surface area contributed by atoms with Gasteiger partial charge in [-0.2, -0.15) is 0 Å². The number of piperidine rings is 1. The smallest absolute Gasteiger partial charge is 0.253 e. The van der Waals surface area contributed by atoms with Gasteiger partial charge in [0, 0.05) is 31.2 Å². The second kappa shape index (κ2) is 7.93. The van der Waals surface area contributed by atoms with E-state index in [1.165, 1.54) is 4.31 Å². The normalized spacial score (nSPS) is 21.7. The zero-order valence-electron chi connectivity index (χ0n) is 14.4. The van der Waals surface area contributed by atoms with Crippen molar-refractivity contribution >= 4 is 34.0 Å². The van der Waals surface area contributed by atoms with Crippen LogP contribution in [0.5, 0.6) is 0 Å². The number of halogens is 1. The van der Waals surface area contributed by atoms with Gasteiger partial charge >= 0.3 is 0 Å². The van der Waals surface area contributed by atoms with Crippen molar-refractivity contribution in [2.24, 2.45) is 11.7 Å². The number of nitrogens with two attached hydrogens (primary N) is 1. The van der Waals surface area contributed by atoms with Crippen LogP contribution in [0.25, 0.3) is 0 Å². The highest BCUT2D eigenvalue weighted by Gasteiger charge is 2.30. The Balaban J connectivity index is 0.00000225. The maximum Gasteiger partial charge on any atom is 0.253 e. The molecule has 2 aliphatic rings. The molecule has 1 amide bonds. The molecule has 2 saturated heterocycles. The molecule has 2 fully saturated rings. The fourth-order valence-corrected chi connectivity index (χ4v) is 5.09. The number of carbonyl (C=O) groups excluding carboxylic acids is 1. The molecule has 0 radical (unpaired) electrons. The summed E-state index contributed by atoms with van der Waals surface area (Å²) in [5, 5.41) is 0. The Morgan fingerprint density at radius 2 is 1.92 bits per heavy atom. The van der Waals surface area contributed by atoms with E-state index in [1.54, 1.807) is 24.3 Å². The Morgan fingerprint density at radius 1 is 1.24 bits per heavy atom. The molecule has 0 saturated carbocycles. The standard InChI is InChI=1S/C17H25N3O3S.ClH/c1-13(18)14-6-9-19(10-7-14)17(21)15-4-2-5-16(12-15)20-8-3-11-24(20,22)23;/h2,4-5,12-14H,3,6-11,18H2,1H3;1H. The average Bonchev–Trinajstić information content (AvgIpc) is 2.93. The Hall–Kier alpha value is -1.31. The van der Waals surface area contributed by atoms with E-state index in [-0.39, 0.29) is 30.1 Å². The molecule has 0 bridgehead atoms. The predicted molar refractivity (Wildman–Crippen MR) is 102 cm³/mol. The van der Waals surface area contributed by atoms with Gasteiger partial charge in [0.1, 0.15) is 0 Å². The van der Waals surface area contributed by atoms with Gasteiger partial charge in [0.2, 0.25) is 10.0 Å². The van der Waals surface area contributed by atoms with Crippen LogP contribution in [-0.4, -0.2) is 50.7 Å². The van der Waals surface area contributed by atoms with Gasteiger partial charge in [0.15, 0.2) is 0 Å². The molecule has 25 heavy (non-hydrogen) atoms. The first kappa shape index (κ1) is 20.0. The lowest BCUT2D eigenvalue weighted by Gasteiger charge is -2.33. The minimum atomic E-state index is -3.23. The summed E-state index contributed by atoms with van der Waals surface area (Å²) in [5.41, 5.74) is 7.09. The van der Waals surface area contributed by atoms with Crippen LogP contribution in [-0.2, 0) is 10.0 Å². The van der Waals surface area contributed by atoms with Crippen molar-refractivity contribution in [1.82, 2.24) is 4.90 Å². The van der Waals surface area contributed by atoms with Crippen LogP contribution in [0.4, 0.5) is 5.69 Å². The number of likely N-dealkylation sites (tertiary alicyclic amines) is 1. The van der Waals surface area contributed by atoms with E-state index < -0.39 is 10.0 Å². The van der Waals surface area contributed by atoms with Gasteiger partial charge in [-0.25, -0.2) is 8.42 Å². The molecule has 3 rings (SSSR count). The quantitative estimate of drug-likeness (QED) is 0.857. The van der Waals surface area contributed by atoms with Gasteiger partial charge in [-0.15, -0.1) is 12.4 Å². The van der Waals surface area contributed by atoms with Crippen LogP contribution in [0.2, 0.25) is 0 Å². The second-order valence-electron chi connectivity index (χ2n) is 6.78. The summed E-state index contributed by atoms with van der Waals surface area (Å²) in [6.07, 6.45) is 2.47. The molecule has 0 aromatic heterocycles. The van der Waals surface area contributed by atoms with Crippen molar-refractivity contribution in [3.05, 3.63) is 29.8 Å². The number of amides is 1. The number of benzene rings is 1. The third-order valence-electron chi connectivity index (χ3n) is 5.05. The molecule has 0 aliphatic carbocycles. The number of sulfonamides is 1. The molecule has 8 heteroatoms. The van der Waals surface area contributed by atoms with Crippen LogP contribution in [0.3, 0.4) is 0 Å². The number of nitrogens with zero attached hydrogens (tertiary/aromatic N) is 2. The summed E-state index contributed by atoms with van der Waals surface area (Å²) < 4.78 is 25.5. The molecule has 2 heterocycles. The monoisotopic (exact) mass is 387 g/mol. The molecular formula is C17H26ClN3O3S. The summed E-state index contributed by atoms with van der Waals surface area (Å²) in [7, 11) is -3.23. The first-order valence-electron chi connectivity index (χ1n) is 8.54. The van der Waals surface area contributed by atoms with Crippen molar-refractivity contribution in [2.75, 3.05) is 29.7 Å². The third kappa shape index (κ3) is 4.27. The van der Waals surface area contributed by atoms with Gasteiger partial charge in [0.05, 0.1) is 11.4 Å². The topological polar surface area (TPSA) is 83.7 Å². The molecule has 2 aliphatic heterocycles. The first-order valence-corrected chi connectivity index (χ1v) is 10.1. The minimum Gasteiger partial charge on any atom is -0.339 e. The lowest BCUT2D eigenvalue weighted by molar-refractivity contribution is 0.0681. The summed E-state index contributed by atoms with van der Waals surface area (Å²) >= 11 is 0. The lowest BCUT2D eigenvalue weighted by Crippen LogP contribution is -2.42. The van der Waals surface area contributed by atoms with E-state index in [4.69, 9.17) is 5.73 Å². The SMILES string of the molecule is CC(N)C1CCN(C(=O)c2cccc(N3CCCS3(=O)=O)c2)CC1.Cl. The van der Waals surface area contributed by atoms with Crippen molar-refractivity contribution in [2.45, 2.75) is 32.2 Å². The van der Waals surface area contributed by atoms with Crippen LogP contribution in [0.15, 0.2) is 24.3 Å². The number of hydrogen-bond acceptors (Lipinski definition) is 4. The summed E-state index contributed by atoms with van der Waals surface area (Å²) in [6.45, 7) is 3.91. The van der Waals surface area contributed by atoms with Crippen molar-refractivity contribution in [3.63, 3.8) is 0 Å². The summed E-state index contributed by atoms with van der Waals surface area (Å²) in [4.78, 5) is 14.6. The average molecular weight is 388 g/mol. The maximum atomic E-state index is 12.7. The highest BCUT2D eigenvalue weighted by Crippen LogP contribution is 2.26. The molecule has 1 unspecified atom stereocenters. The van der Waals surface area contributed by atoms with E-state index in [0.717, 1.165) is 12.8 Å². The molecular weight excluding hydrogens is 362 g/mol. The number of rotatable bonds is 3. The zero-order chi connectivity index (χ0) is 17.3. The van der Waals surface area contributed by atoms with E-state index in [9.17, 15) is 13.2 Å². The largest absolute Gasteiger partial charge is 0.339 e. The zero-order valence-corrected chi connectivity index (χ0v) is 16.1. The van der Waals surface area contributed by atoms with Gasteiger partial charge in [-0.05, 0) is 50.3 Å². The lowest BCUT2D eigenvalue weighted by atomic mass is 9.90. The Morgan fingerprint density at radius 3 is 2.48 bits per heavy atom. The molecule has 0 spiro atoms. The van der Waals surface area contributed by atoms with Gasteiger partial charge < -0.3 is 10.6 Å². The van der Waals surface area contributed by atoms with Crippen LogP contribution in [0.1, 0.15) is 36.5 Å². The summed E-state index contributed by atoms with van der Waals surface area (Å²) in [6, 6.07) is 7.12. The Labute approximate surface area is 155 Å². The minimum absolute atomic E-state index is 0. The molecule has 140 valence electrons. The molecule has 1 aromatic carbocycles. The predicted octanol–water partition coefficient (Wildman–Crippen LogP) is 1.85. The Bertz CT molecular complexity index is 716. The van der Waals surface area contributed by atoms with Gasteiger partial charge in [-0.3, -0.25) is 9.10 Å². The molecule has 1 atom stereocenters. The van der Waals surface area contributed by atoms with Crippen LogP contribution < -0.4 is 10.0 Å². The van der Waals surface area contributed by atoms with Gasteiger partial charge in [0.25, 0.3) is 5.91 Å². The number of carbonyl (C=O) groups is 1.